The first-order chi connectivity index (χ1) is 18.2. The molecule has 9 nitrogen and oxygen atoms in total. The lowest BCUT2D eigenvalue weighted by Crippen LogP contribution is -2.40. The number of amides is 1. The first-order valence-electron chi connectivity index (χ1n) is 11.8. The Kier molecular flexibility index (Phi) is 6.35. The monoisotopic (exact) mass is 518 g/mol. The molecule has 0 bridgehead atoms. The molecule has 0 aliphatic rings. The number of rotatable bonds is 7. The molecule has 0 saturated heterocycles. The lowest BCUT2D eigenvalue weighted by Gasteiger charge is -2.28. The molecule has 4 aromatic heterocycles. The molecule has 5 aromatic rings. The highest BCUT2D eigenvalue weighted by atomic mass is 19.1. The van der Waals surface area contributed by atoms with Gasteiger partial charge in [0.15, 0.2) is 11.5 Å². The fraction of sp³-hybridized carbons (Fsp3) is 0.222. The number of aryl methyl sites for hydroxylation is 3. The average Bonchev–Trinajstić information content (AvgIpc) is 3.63. The third-order valence-corrected chi connectivity index (χ3v) is 6.49. The van der Waals surface area contributed by atoms with Crippen molar-refractivity contribution in [2.24, 2.45) is 7.05 Å². The van der Waals surface area contributed by atoms with Crippen molar-refractivity contribution < 1.29 is 22.6 Å². The van der Waals surface area contributed by atoms with Crippen LogP contribution in [0.2, 0.25) is 0 Å². The number of hydrogen-bond donors (Lipinski definition) is 1. The number of carbonyl (C=O) groups is 1. The van der Waals surface area contributed by atoms with Crippen molar-refractivity contribution in [1.29, 1.82) is 0 Å². The summed E-state index contributed by atoms with van der Waals surface area (Å²) in [5.41, 5.74) is 2.93. The van der Waals surface area contributed by atoms with Gasteiger partial charge in [0.2, 0.25) is 0 Å². The summed E-state index contributed by atoms with van der Waals surface area (Å²) in [5, 5.41) is 15.0. The highest BCUT2D eigenvalue weighted by molar-refractivity contribution is 5.93. The fourth-order valence-corrected chi connectivity index (χ4v) is 4.32. The maximum absolute atomic E-state index is 14.2. The fourth-order valence-electron chi connectivity index (χ4n) is 4.32. The van der Waals surface area contributed by atoms with Gasteiger partial charge in [-0.05, 0) is 45.0 Å². The van der Waals surface area contributed by atoms with Gasteiger partial charge in [-0.25, -0.2) is 8.78 Å². The van der Waals surface area contributed by atoms with Crippen molar-refractivity contribution in [3.8, 4) is 22.6 Å². The van der Waals surface area contributed by atoms with Crippen molar-refractivity contribution in [3.05, 3.63) is 94.9 Å². The smallest absolute Gasteiger partial charge is 0.273 e. The van der Waals surface area contributed by atoms with Crippen molar-refractivity contribution in [3.63, 3.8) is 0 Å². The van der Waals surface area contributed by atoms with Crippen LogP contribution in [0.1, 0.15) is 40.1 Å². The number of hydrogen-bond acceptors (Lipinski definition) is 7. The number of benzene rings is 1. The van der Waals surface area contributed by atoms with E-state index in [9.17, 15) is 13.6 Å². The highest BCUT2D eigenvalue weighted by Gasteiger charge is 2.33. The van der Waals surface area contributed by atoms with E-state index in [0.29, 0.717) is 17.1 Å². The van der Waals surface area contributed by atoms with E-state index < -0.39 is 23.0 Å². The van der Waals surface area contributed by atoms with E-state index in [0.717, 1.165) is 29.0 Å². The Morgan fingerprint density at radius 1 is 1.11 bits per heavy atom. The Morgan fingerprint density at radius 3 is 2.61 bits per heavy atom. The third-order valence-electron chi connectivity index (χ3n) is 6.49. The maximum atomic E-state index is 14.2. The van der Waals surface area contributed by atoms with Crippen LogP contribution in [-0.2, 0) is 12.5 Å². The lowest BCUT2D eigenvalue weighted by molar-refractivity contribution is 0.0938. The standard InChI is InChI=1S/C27H24F2N6O3/c1-15-25(16(2)37-33-15)21-6-5-7-24(32-21)27(3,17-12-31-35(4)13-17)14-30-26(36)22-11-23(38-34-22)19-9-8-18(28)10-20(19)29/h5-13H,14H2,1-4H3,(H,30,36). The van der Waals surface area contributed by atoms with Gasteiger partial charge in [0.05, 0.1) is 39.8 Å². The minimum atomic E-state index is -0.818. The zero-order chi connectivity index (χ0) is 27.0. The number of nitrogens with zero attached hydrogens (tertiary/aromatic N) is 5. The lowest BCUT2D eigenvalue weighted by atomic mass is 9.80. The summed E-state index contributed by atoms with van der Waals surface area (Å²) in [6.45, 7) is 5.77. The molecule has 0 aliphatic heterocycles. The maximum Gasteiger partial charge on any atom is 0.273 e. The van der Waals surface area contributed by atoms with Gasteiger partial charge in [0.25, 0.3) is 5.91 Å². The van der Waals surface area contributed by atoms with Crippen LogP contribution in [0.25, 0.3) is 22.6 Å². The van der Waals surface area contributed by atoms with E-state index in [4.69, 9.17) is 14.0 Å². The van der Waals surface area contributed by atoms with Crippen LogP contribution in [0.15, 0.2) is 63.9 Å². The Balaban J connectivity index is 1.44. The molecule has 0 fully saturated rings. The molecule has 0 radical (unpaired) electrons. The number of nitrogens with one attached hydrogen (secondary N) is 1. The number of pyridine rings is 1. The largest absolute Gasteiger partial charge is 0.361 e. The van der Waals surface area contributed by atoms with E-state index in [1.807, 2.05) is 52.2 Å². The van der Waals surface area contributed by atoms with E-state index >= 15 is 0 Å². The van der Waals surface area contributed by atoms with Crippen molar-refractivity contribution in [2.45, 2.75) is 26.2 Å². The van der Waals surface area contributed by atoms with Crippen LogP contribution >= 0.6 is 0 Å². The van der Waals surface area contributed by atoms with Gasteiger partial charge in [0.1, 0.15) is 17.4 Å². The van der Waals surface area contributed by atoms with E-state index in [1.165, 1.54) is 12.1 Å². The summed E-state index contributed by atoms with van der Waals surface area (Å²) in [6, 6.07) is 10.0. The minimum Gasteiger partial charge on any atom is -0.361 e. The van der Waals surface area contributed by atoms with Crippen molar-refractivity contribution in [1.82, 2.24) is 30.4 Å². The Hall–Kier alpha value is -4.67. The van der Waals surface area contributed by atoms with Crippen LogP contribution < -0.4 is 5.32 Å². The van der Waals surface area contributed by atoms with Crippen LogP contribution in [0, 0.1) is 25.5 Å². The Labute approximate surface area is 216 Å². The molecule has 0 spiro atoms. The second kappa shape index (κ2) is 9.66. The van der Waals surface area contributed by atoms with E-state index in [2.05, 4.69) is 20.7 Å². The molecule has 194 valence electrons. The number of aromatic nitrogens is 5. The van der Waals surface area contributed by atoms with Crippen molar-refractivity contribution in [2.75, 3.05) is 6.54 Å². The van der Waals surface area contributed by atoms with E-state index in [-0.39, 0.29) is 23.6 Å². The van der Waals surface area contributed by atoms with Crippen LogP contribution in [0.3, 0.4) is 0 Å². The molecule has 1 amide bonds. The zero-order valence-electron chi connectivity index (χ0n) is 21.1. The molecule has 1 atom stereocenters. The van der Waals surface area contributed by atoms with Crippen LogP contribution in [-0.4, -0.2) is 37.5 Å². The van der Waals surface area contributed by atoms with Gasteiger partial charge in [-0.2, -0.15) is 5.10 Å². The molecule has 1 aromatic carbocycles. The second-order valence-corrected chi connectivity index (χ2v) is 9.23. The predicted octanol–water partition coefficient (Wildman–Crippen LogP) is 4.76. The summed E-state index contributed by atoms with van der Waals surface area (Å²) in [7, 11) is 1.81. The first-order valence-corrected chi connectivity index (χ1v) is 11.8. The Morgan fingerprint density at radius 2 is 1.92 bits per heavy atom. The number of carbonyl (C=O) groups excluding carboxylic acids is 1. The predicted molar refractivity (Wildman–Crippen MR) is 133 cm³/mol. The van der Waals surface area contributed by atoms with Gasteiger partial charge in [-0.1, -0.05) is 16.4 Å². The molecule has 4 heterocycles. The highest BCUT2D eigenvalue weighted by Crippen LogP contribution is 2.33. The number of halogens is 2. The molecular formula is C27H24F2N6O3. The topological polar surface area (TPSA) is 112 Å². The molecule has 0 saturated carbocycles. The SMILES string of the molecule is Cc1noc(C)c1-c1cccc(C(C)(CNC(=O)c2cc(-c3ccc(F)cc3F)on2)c2cnn(C)c2)n1. The molecular weight excluding hydrogens is 494 g/mol. The molecule has 1 N–H and O–H groups in total. The van der Waals surface area contributed by atoms with Gasteiger partial charge in [-0.15, -0.1) is 0 Å². The minimum absolute atomic E-state index is 0.00140. The third kappa shape index (κ3) is 4.58. The quantitative estimate of drug-likeness (QED) is 0.331. The van der Waals surface area contributed by atoms with Crippen LogP contribution in [0.4, 0.5) is 8.78 Å². The van der Waals surface area contributed by atoms with Gasteiger partial charge < -0.3 is 14.4 Å². The Bertz CT molecular complexity index is 1620. The normalized spacial score (nSPS) is 12.9. The molecule has 38 heavy (non-hydrogen) atoms. The van der Waals surface area contributed by atoms with Crippen molar-refractivity contribution >= 4 is 5.91 Å². The summed E-state index contributed by atoms with van der Waals surface area (Å²) >= 11 is 0. The summed E-state index contributed by atoms with van der Waals surface area (Å²) < 4.78 is 39.6. The van der Waals surface area contributed by atoms with Gasteiger partial charge in [0, 0.05) is 37.5 Å². The van der Waals surface area contributed by atoms with Gasteiger partial charge in [-0.3, -0.25) is 14.5 Å². The van der Waals surface area contributed by atoms with E-state index in [1.54, 1.807) is 10.9 Å². The molecule has 5 rings (SSSR count). The summed E-state index contributed by atoms with van der Waals surface area (Å²) in [6.07, 6.45) is 3.59. The molecule has 11 heteroatoms. The summed E-state index contributed by atoms with van der Waals surface area (Å²) in [4.78, 5) is 17.9. The zero-order valence-corrected chi connectivity index (χ0v) is 21.1. The average molecular weight is 519 g/mol. The van der Waals surface area contributed by atoms with Gasteiger partial charge >= 0.3 is 0 Å². The molecule has 1 unspecified atom stereocenters. The molecule has 0 aliphatic carbocycles. The second-order valence-electron chi connectivity index (χ2n) is 9.23. The summed E-state index contributed by atoms with van der Waals surface area (Å²) in [5.74, 6) is -1.40. The van der Waals surface area contributed by atoms with Crippen LogP contribution in [0.5, 0.6) is 0 Å². The first kappa shape index (κ1) is 25.0.